The third-order valence-electron chi connectivity index (χ3n) is 4.01. The number of carbonyl (C=O) groups excluding carboxylic acids is 1. The molecule has 3 heterocycles. The summed E-state index contributed by atoms with van der Waals surface area (Å²) in [7, 11) is 0. The normalized spacial score (nSPS) is 16.8. The monoisotopic (exact) mass is 340 g/mol. The number of thiazole rings is 1. The fraction of sp³-hybridized carbons (Fsp3) is 0.235. The standard InChI is InChI=1S/C17H16N4O2S/c1-3-23-16(22)13-10(2)19-17-20-11-6-4-5-7-12(11)21(17)14(13)15-18-8-9-24-15/h4-9,14H,3H2,1-2H3,(H,19,20). The zero-order valence-electron chi connectivity index (χ0n) is 13.3. The van der Waals surface area contributed by atoms with Gasteiger partial charge in [0, 0.05) is 17.3 Å². The van der Waals surface area contributed by atoms with Crippen molar-refractivity contribution in [2.24, 2.45) is 0 Å². The van der Waals surface area contributed by atoms with Gasteiger partial charge in [0.15, 0.2) is 0 Å². The summed E-state index contributed by atoms with van der Waals surface area (Å²) in [4.78, 5) is 21.7. The number of imidazole rings is 1. The summed E-state index contributed by atoms with van der Waals surface area (Å²) in [5.74, 6) is 0.382. The van der Waals surface area contributed by atoms with Gasteiger partial charge in [-0.05, 0) is 26.0 Å². The second-order valence-corrected chi connectivity index (χ2v) is 6.38. The van der Waals surface area contributed by atoms with E-state index in [4.69, 9.17) is 4.74 Å². The van der Waals surface area contributed by atoms with Crippen molar-refractivity contribution in [1.82, 2.24) is 14.5 Å². The topological polar surface area (TPSA) is 69.0 Å². The van der Waals surface area contributed by atoms with Gasteiger partial charge in [-0.3, -0.25) is 4.57 Å². The van der Waals surface area contributed by atoms with Gasteiger partial charge in [0.1, 0.15) is 11.0 Å². The first-order valence-electron chi connectivity index (χ1n) is 7.72. The number of anilines is 1. The number of para-hydroxylation sites is 2. The Balaban J connectivity index is 1.97. The van der Waals surface area contributed by atoms with Crippen LogP contribution in [0.1, 0.15) is 24.9 Å². The molecule has 0 spiro atoms. The van der Waals surface area contributed by atoms with Crippen molar-refractivity contribution in [2.75, 3.05) is 11.9 Å². The zero-order valence-corrected chi connectivity index (χ0v) is 14.1. The van der Waals surface area contributed by atoms with Crippen molar-refractivity contribution in [3.63, 3.8) is 0 Å². The smallest absolute Gasteiger partial charge is 0.338 e. The van der Waals surface area contributed by atoms with E-state index in [9.17, 15) is 4.79 Å². The molecule has 1 aliphatic heterocycles. The van der Waals surface area contributed by atoms with Gasteiger partial charge in [-0.15, -0.1) is 11.3 Å². The van der Waals surface area contributed by atoms with E-state index in [0.717, 1.165) is 21.7 Å². The van der Waals surface area contributed by atoms with Crippen LogP contribution in [-0.4, -0.2) is 27.1 Å². The molecule has 1 unspecified atom stereocenters. The van der Waals surface area contributed by atoms with Gasteiger partial charge in [-0.2, -0.15) is 0 Å². The van der Waals surface area contributed by atoms with Crippen molar-refractivity contribution >= 4 is 34.3 Å². The maximum Gasteiger partial charge on any atom is 0.338 e. The number of esters is 1. The van der Waals surface area contributed by atoms with Gasteiger partial charge >= 0.3 is 5.97 Å². The lowest BCUT2D eigenvalue weighted by molar-refractivity contribution is -0.139. The number of nitrogens with zero attached hydrogens (tertiary/aromatic N) is 3. The van der Waals surface area contributed by atoms with Gasteiger partial charge in [0.05, 0.1) is 23.2 Å². The molecule has 0 saturated heterocycles. The molecule has 0 bridgehead atoms. The number of hydrogen-bond donors (Lipinski definition) is 1. The number of fused-ring (bicyclic) bond motifs is 3. The van der Waals surface area contributed by atoms with E-state index in [0.29, 0.717) is 18.1 Å². The van der Waals surface area contributed by atoms with Crippen LogP contribution in [0.3, 0.4) is 0 Å². The number of ether oxygens (including phenoxy) is 1. The third kappa shape index (κ3) is 2.20. The Morgan fingerprint density at radius 1 is 1.42 bits per heavy atom. The van der Waals surface area contributed by atoms with E-state index in [1.807, 2.05) is 41.1 Å². The van der Waals surface area contributed by atoms with Crippen LogP contribution in [-0.2, 0) is 9.53 Å². The molecular formula is C17H16N4O2S. The maximum atomic E-state index is 12.6. The fourth-order valence-corrected chi connectivity index (χ4v) is 3.78. The molecule has 1 aromatic carbocycles. The molecule has 2 aromatic heterocycles. The SMILES string of the molecule is CCOC(=O)C1=C(C)Nc2nc3ccccc3n2C1c1nccs1. The summed E-state index contributed by atoms with van der Waals surface area (Å²) in [6.07, 6.45) is 1.75. The number of benzene rings is 1. The average Bonchev–Trinajstić information content (AvgIpc) is 3.21. The summed E-state index contributed by atoms with van der Waals surface area (Å²) in [5.41, 5.74) is 3.15. The average molecular weight is 340 g/mol. The lowest BCUT2D eigenvalue weighted by Crippen LogP contribution is -2.28. The van der Waals surface area contributed by atoms with E-state index in [-0.39, 0.29) is 12.0 Å². The number of hydrogen-bond acceptors (Lipinski definition) is 6. The van der Waals surface area contributed by atoms with Crippen LogP contribution in [0, 0.1) is 0 Å². The van der Waals surface area contributed by atoms with E-state index < -0.39 is 0 Å². The molecule has 6 nitrogen and oxygen atoms in total. The Morgan fingerprint density at radius 3 is 3.00 bits per heavy atom. The van der Waals surface area contributed by atoms with Gasteiger partial charge in [0.2, 0.25) is 5.95 Å². The van der Waals surface area contributed by atoms with Crippen LogP contribution in [0.2, 0.25) is 0 Å². The first-order chi connectivity index (χ1) is 11.7. The summed E-state index contributed by atoms with van der Waals surface area (Å²) in [6, 6.07) is 7.53. The lowest BCUT2D eigenvalue weighted by atomic mass is 10.0. The van der Waals surface area contributed by atoms with Gasteiger partial charge in [-0.25, -0.2) is 14.8 Å². The largest absolute Gasteiger partial charge is 0.463 e. The summed E-state index contributed by atoms with van der Waals surface area (Å²) >= 11 is 1.52. The Kier molecular flexibility index (Phi) is 3.57. The minimum atomic E-state index is -0.340. The van der Waals surface area contributed by atoms with Crippen molar-refractivity contribution < 1.29 is 9.53 Å². The number of rotatable bonds is 3. The zero-order chi connectivity index (χ0) is 16.7. The number of nitrogens with one attached hydrogen (secondary N) is 1. The Bertz CT molecular complexity index is 943. The van der Waals surface area contributed by atoms with Gasteiger partial charge < -0.3 is 10.1 Å². The predicted octanol–water partition coefficient (Wildman–Crippen LogP) is 3.34. The predicted molar refractivity (Wildman–Crippen MR) is 92.9 cm³/mol. The molecule has 0 radical (unpaired) electrons. The number of carbonyl (C=O) groups is 1. The molecule has 0 amide bonds. The molecule has 24 heavy (non-hydrogen) atoms. The molecule has 1 atom stereocenters. The fourth-order valence-electron chi connectivity index (χ4n) is 3.04. The van der Waals surface area contributed by atoms with E-state index in [1.165, 1.54) is 11.3 Å². The highest BCUT2D eigenvalue weighted by atomic mass is 32.1. The van der Waals surface area contributed by atoms with Crippen molar-refractivity contribution in [3.05, 3.63) is 52.1 Å². The summed E-state index contributed by atoms with van der Waals surface area (Å²) in [5, 5.41) is 5.99. The van der Waals surface area contributed by atoms with Crippen LogP contribution < -0.4 is 5.32 Å². The summed E-state index contributed by atoms with van der Waals surface area (Å²) < 4.78 is 7.31. The number of aromatic nitrogens is 3. The first-order valence-corrected chi connectivity index (χ1v) is 8.60. The molecule has 0 fully saturated rings. The van der Waals surface area contributed by atoms with Gasteiger partial charge in [0.25, 0.3) is 0 Å². The molecule has 3 aromatic rings. The molecule has 0 aliphatic carbocycles. The third-order valence-corrected chi connectivity index (χ3v) is 4.84. The second-order valence-electron chi connectivity index (χ2n) is 5.45. The lowest BCUT2D eigenvalue weighted by Gasteiger charge is -2.28. The molecule has 1 N–H and O–H groups in total. The minimum Gasteiger partial charge on any atom is -0.463 e. The quantitative estimate of drug-likeness (QED) is 0.741. The minimum absolute atomic E-state index is 0.328. The van der Waals surface area contributed by atoms with Crippen molar-refractivity contribution in [3.8, 4) is 0 Å². The number of allylic oxidation sites excluding steroid dienone is 1. The molecule has 122 valence electrons. The molecule has 0 saturated carbocycles. The highest BCUT2D eigenvalue weighted by Gasteiger charge is 2.36. The first kappa shape index (κ1) is 14.9. The van der Waals surface area contributed by atoms with E-state index >= 15 is 0 Å². The molecular weight excluding hydrogens is 324 g/mol. The molecule has 1 aliphatic rings. The molecule has 4 rings (SSSR count). The van der Waals surface area contributed by atoms with E-state index in [1.54, 1.807) is 13.1 Å². The second kappa shape index (κ2) is 5.76. The van der Waals surface area contributed by atoms with Crippen molar-refractivity contribution in [2.45, 2.75) is 19.9 Å². The van der Waals surface area contributed by atoms with E-state index in [2.05, 4.69) is 15.3 Å². The molecule has 7 heteroatoms. The van der Waals surface area contributed by atoms with Crippen LogP contribution >= 0.6 is 11.3 Å². The van der Waals surface area contributed by atoms with Gasteiger partial charge in [-0.1, -0.05) is 12.1 Å². The Hall–Kier alpha value is -2.67. The van der Waals surface area contributed by atoms with Crippen LogP contribution in [0.25, 0.3) is 11.0 Å². The van der Waals surface area contributed by atoms with Crippen LogP contribution in [0.15, 0.2) is 47.1 Å². The Labute approximate surface area is 142 Å². The highest BCUT2D eigenvalue weighted by Crippen LogP contribution is 2.39. The van der Waals surface area contributed by atoms with Crippen LogP contribution in [0.5, 0.6) is 0 Å². The Morgan fingerprint density at radius 2 is 2.25 bits per heavy atom. The highest BCUT2D eigenvalue weighted by molar-refractivity contribution is 7.09. The van der Waals surface area contributed by atoms with Crippen molar-refractivity contribution in [1.29, 1.82) is 0 Å². The summed E-state index contributed by atoms with van der Waals surface area (Å²) in [6.45, 7) is 4.01. The maximum absolute atomic E-state index is 12.6. The van der Waals surface area contributed by atoms with Crippen LogP contribution in [0.4, 0.5) is 5.95 Å².